The molecule has 0 aromatic carbocycles. The molecule has 0 saturated carbocycles. The van der Waals surface area contributed by atoms with Crippen LogP contribution in [0.2, 0.25) is 0 Å². The molecule has 1 unspecified atom stereocenters. The van der Waals surface area contributed by atoms with Gasteiger partial charge in [-0.25, -0.2) is 0 Å². The molecule has 13 heavy (non-hydrogen) atoms. The van der Waals surface area contributed by atoms with Crippen molar-refractivity contribution in [3.05, 3.63) is 21.9 Å². The molecule has 0 bridgehead atoms. The lowest BCUT2D eigenvalue weighted by molar-refractivity contribution is 0.508. The predicted molar refractivity (Wildman–Crippen MR) is 60.1 cm³/mol. The minimum atomic E-state index is 0.243. The van der Waals surface area contributed by atoms with E-state index in [4.69, 9.17) is 5.73 Å². The monoisotopic (exact) mass is 197 g/mol. The van der Waals surface area contributed by atoms with Crippen LogP contribution >= 0.6 is 11.3 Å². The second-order valence-corrected chi connectivity index (χ2v) is 5.18. The van der Waals surface area contributed by atoms with Gasteiger partial charge in [0.2, 0.25) is 0 Å². The summed E-state index contributed by atoms with van der Waals surface area (Å²) in [6.07, 6.45) is 2.32. The van der Waals surface area contributed by atoms with E-state index in [9.17, 15) is 0 Å². The molecule has 2 heteroatoms. The van der Waals surface area contributed by atoms with Crippen molar-refractivity contribution in [2.45, 2.75) is 39.7 Å². The van der Waals surface area contributed by atoms with Gasteiger partial charge in [-0.15, -0.1) is 11.3 Å². The van der Waals surface area contributed by atoms with Crippen LogP contribution in [0.25, 0.3) is 0 Å². The lowest BCUT2D eigenvalue weighted by Crippen LogP contribution is -2.10. The average Bonchev–Trinajstić information content (AvgIpc) is 2.47. The molecule has 1 heterocycles. The topological polar surface area (TPSA) is 26.0 Å². The van der Waals surface area contributed by atoms with Crippen LogP contribution in [0.4, 0.5) is 0 Å². The van der Waals surface area contributed by atoms with Crippen LogP contribution in [0.3, 0.4) is 0 Å². The Bertz CT molecular complexity index is 252. The molecule has 1 rings (SSSR count). The van der Waals surface area contributed by atoms with Gasteiger partial charge in [-0.1, -0.05) is 13.8 Å². The fraction of sp³-hybridized carbons (Fsp3) is 0.636. The van der Waals surface area contributed by atoms with Gasteiger partial charge in [0.05, 0.1) is 0 Å². The number of thiophene rings is 1. The second-order valence-electron chi connectivity index (χ2n) is 4.07. The molecule has 1 aromatic heterocycles. The highest BCUT2D eigenvalue weighted by molar-refractivity contribution is 7.10. The molecule has 0 radical (unpaired) electrons. The first kappa shape index (κ1) is 10.7. The van der Waals surface area contributed by atoms with E-state index in [2.05, 4.69) is 32.2 Å². The number of hydrogen-bond acceptors (Lipinski definition) is 2. The maximum absolute atomic E-state index is 6.06. The fourth-order valence-corrected chi connectivity index (χ4v) is 2.11. The average molecular weight is 197 g/mol. The standard InChI is InChI=1S/C11H19NS/c1-8(2)4-5-11(12)10-6-9(3)13-7-10/h6-8,11H,4-5,12H2,1-3H3. The first-order chi connectivity index (χ1) is 6.09. The molecule has 0 amide bonds. The Morgan fingerprint density at radius 1 is 1.38 bits per heavy atom. The Morgan fingerprint density at radius 3 is 2.54 bits per heavy atom. The normalized spacial score (nSPS) is 13.6. The van der Waals surface area contributed by atoms with E-state index < -0.39 is 0 Å². The number of rotatable bonds is 4. The van der Waals surface area contributed by atoms with Gasteiger partial charge in [0, 0.05) is 10.9 Å². The van der Waals surface area contributed by atoms with Gasteiger partial charge < -0.3 is 5.73 Å². The summed E-state index contributed by atoms with van der Waals surface area (Å²) in [7, 11) is 0. The van der Waals surface area contributed by atoms with Crippen LogP contribution in [0.15, 0.2) is 11.4 Å². The Morgan fingerprint density at radius 2 is 2.08 bits per heavy atom. The first-order valence-corrected chi connectivity index (χ1v) is 5.78. The van der Waals surface area contributed by atoms with Crippen LogP contribution in [0, 0.1) is 12.8 Å². The van der Waals surface area contributed by atoms with Crippen molar-refractivity contribution in [2.75, 3.05) is 0 Å². The van der Waals surface area contributed by atoms with Crippen LogP contribution in [-0.4, -0.2) is 0 Å². The molecule has 0 aliphatic heterocycles. The van der Waals surface area contributed by atoms with E-state index in [1.54, 1.807) is 11.3 Å². The van der Waals surface area contributed by atoms with E-state index in [0.29, 0.717) is 0 Å². The van der Waals surface area contributed by atoms with Gasteiger partial charge in [-0.05, 0) is 42.7 Å². The van der Waals surface area contributed by atoms with Crippen LogP contribution in [-0.2, 0) is 0 Å². The lowest BCUT2D eigenvalue weighted by Gasteiger charge is -2.11. The smallest absolute Gasteiger partial charge is 0.0303 e. The van der Waals surface area contributed by atoms with E-state index in [-0.39, 0.29) is 6.04 Å². The second kappa shape index (κ2) is 4.77. The molecule has 0 aliphatic rings. The summed E-state index contributed by atoms with van der Waals surface area (Å²) >= 11 is 1.79. The third-order valence-corrected chi connectivity index (χ3v) is 3.11. The molecular formula is C11H19NS. The molecule has 1 nitrogen and oxygen atoms in total. The minimum absolute atomic E-state index is 0.243. The zero-order chi connectivity index (χ0) is 9.84. The van der Waals surface area contributed by atoms with Crippen molar-refractivity contribution >= 4 is 11.3 Å². The lowest BCUT2D eigenvalue weighted by atomic mass is 10.0. The SMILES string of the molecule is Cc1cc(C(N)CCC(C)C)cs1. The molecular weight excluding hydrogens is 178 g/mol. The van der Waals surface area contributed by atoms with Gasteiger partial charge in [0.1, 0.15) is 0 Å². The summed E-state index contributed by atoms with van der Waals surface area (Å²) in [5.41, 5.74) is 7.37. The van der Waals surface area contributed by atoms with Gasteiger partial charge in [-0.2, -0.15) is 0 Å². The van der Waals surface area contributed by atoms with Gasteiger partial charge in [0.15, 0.2) is 0 Å². The maximum Gasteiger partial charge on any atom is 0.0303 e. The molecule has 0 saturated heterocycles. The quantitative estimate of drug-likeness (QED) is 0.785. The van der Waals surface area contributed by atoms with E-state index in [1.165, 1.54) is 16.9 Å². The van der Waals surface area contributed by atoms with Crippen molar-refractivity contribution < 1.29 is 0 Å². The van der Waals surface area contributed by atoms with Gasteiger partial charge in [0.25, 0.3) is 0 Å². The predicted octanol–water partition coefficient (Wildman–Crippen LogP) is 3.49. The van der Waals surface area contributed by atoms with Crippen molar-refractivity contribution in [2.24, 2.45) is 11.7 Å². The molecule has 0 fully saturated rings. The number of aryl methyl sites for hydroxylation is 1. The van der Waals surface area contributed by atoms with Gasteiger partial charge in [-0.3, -0.25) is 0 Å². The maximum atomic E-state index is 6.06. The number of hydrogen-bond donors (Lipinski definition) is 1. The summed E-state index contributed by atoms with van der Waals surface area (Å²) < 4.78 is 0. The molecule has 2 N–H and O–H groups in total. The van der Waals surface area contributed by atoms with Gasteiger partial charge >= 0.3 is 0 Å². The van der Waals surface area contributed by atoms with Crippen LogP contribution in [0.1, 0.15) is 43.2 Å². The highest BCUT2D eigenvalue weighted by atomic mass is 32.1. The highest BCUT2D eigenvalue weighted by Crippen LogP contribution is 2.23. The molecule has 0 spiro atoms. The Labute approximate surface area is 85.0 Å². The van der Waals surface area contributed by atoms with E-state index >= 15 is 0 Å². The molecule has 0 aliphatic carbocycles. The summed E-state index contributed by atoms with van der Waals surface area (Å²) in [6.45, 7) is 6.61. The molecule has 1 atom stereocenters. The van der Waals surface area contributed by atoms with Crippen LogP contribution in [0.5, 0.6) is 0 Å². The molecule has 1 aromatic rings. The zero-order valence-corrected chi connectivity index (χ0v) is 9.53. The third-order valence-electron chi connectivity index (χ3n) is 2.23. The Kier molecular flexibility index (Phi) is 3.94. The zero-order valence-electron chi connectivity index (χ0n) is 8.71. The van der Waals surface area contributed by atoms with Crippen molar-refractivity contribution in [3.8, 4) is 0 Å². The largest absolute Gasteiger partial charge is 0.324 e. The summed E-state index contributed by atoms with van der Waals surface area (Å²) in [4.78, 5) is 1.36. The van der Waals surface area contributed by atoms with E-state index in [1.807, 2.05) is 0 Å². The highest BCUT2D eigenvalue weighted by Gasteiger charge is 2.07. The van der Waals surface area contributed by atoms with Crippen LogP contribution < -0.4 is 5.73 Å². The van der Waals surface area contributed by atoms with Crippen molar-refractivity contribution in [1.82, 2.24) is 0 Å². The minimum Gasteiger partial charge on any atom is -0.324 e. The Balaban J connectivity index is 2.44. The van der Waals surface area contributed by atoms with Crippen molar-refractivity contribution in [3.63, 3.8) is 0 Å². The Hall–Kier alpha value is -0.340. The summed E-state index contributed by atoms with van der Waals surface area (Å²) in [5.74, 6) is 0.755. The fourth-order valence-electron chi connectivity index (χ4n) is 1.34. The summed E-state index contributed by atoms with van der Waals surface area (Å²) in [5, 5.41) is 2.18. The first-order valence-electron chi connectivity index (χ1n) is 4.90. The van der Waals surface area contributed by atoms with Crippen molar-refractivity contribution in [1.29, 1.82) is 0 Å². The third kappa shape index (κ3) is 3.49. The summed E-state index contributed by atoms with van der Waals surface area (Å²) in [6, 6.07) is 2.45. The number of nitrogens with two attached hydrogens (primary N) is 1. The van der Waals surface area contributed by atoms with E-state index in [0.717, 1.165) is 12.3 Å². The molecule has 74 valence electrons.